The zero-order valence-corrected chi connectivity index (χ0v) is 11.7. The topological polar surface area (TPSA) is 37.3 Å². The standard InChI is InChI=1S/C10H12O2.C7H8/c1-3-8-6-7(2)4-5-9(8)10(11)12;1-7-5-3-2-4-6-7/h4-6H,3H2,1-2H3,(H,11,12);2-6H,1H3. The van der Waals surface area contributed by atoms with Crippen LogP contribution in [0.4, 0.5) is 0 Å². The van der Waals surface area contributed by atoms with E-state index in [2.05, 4.69) is 19.1 Å². The van der Waals surface area contributed by atoms with E-state index >= 15 is 0 Å². The second-order valence-electron chi connectivity index (χ2n) is 4.47. The van der Waals surface area contributed by atoms with Crippen molar-refractivity contribution in [1.29, 1.82) is 0 Å². The van der Waals surface area contributed by atoms with Crippen LogP contribution in [0.25, 0.3) is 0 Å². The molecule has 2 heteroatoms. The molecular weight excluding hydrogens is 236 g/mol. The predicted octanol–water partition coefficient (Wildman–Crippen LogP) is 4.25. The molecule has 0 saturated heterocycles. The quantitative estimate of drug-likeness (QED) is 0.872. The zero-order chi connectivity index (χ0) is 14.3. The van der Waals surface area contributed by atoms with E-state index in [1.54, 1.807) is 6.07 Å². The Morgan fingerprint density at radius 2 is 1.63 bits per heavy atom. The van der Waals surface area contributed by atoms with Crippen molar-refractivity contribution in [3.05, 3.63) is 70.8 Å². The molecule has 0 aliphatic heterocycles. The maximum atomic E-state index is 10.7. The third kappa shape index (κ3) is 4.96. The van der Waals surface area contributed by atoms with Crippen molar-refractivity contribution in [2.24, 2.45) is 0 Å². The fraction of sp³-hybridized carbons (Fsp3) is 0.235. The van der Waals surface area contributed by atoms with E-state index in [0.29, 0.717) is 5.56 Å². The van der Waals surface area contributed by atoms with E-state index in [4.69, 9.17) is 5.11 Å². The largest absolute Gasteiger partial charge is 0.478 e. The lowest BCUT2D eigenvalue weighted by molar-refractivity contribution is 0.0695. The molecular formula is C17H20O2. The summed E-state index contributed by atoms with van der Waals surface area (Å²) in [6.07, 6.45) is 0.767. The molecule has 2 nitrogen and oxygen atoms in total. The van der Waals surface area contributed by atoms with E-state index in [1.807, 2.05) is 44.2 Å². The smallest absolute Gasteiger partial charge is 0.335 e. The fourth-order valence-electron chi connectivity index (χ4n) is 1.76. The Hall–Kier alpha value is -2.09. The molecule has 19 heavy (non-hydrogen) atoms. The van der Waals surface area contributed by atoms with Crippen molar-refractivity contribution >= 4 is 5.97 Å². The fourth-order valence-corrected chi connectivity index (χ4v) is 1.76. The maximum Gasteiger partial charge on any atom is 0.335 e. The maximum absolute atomic E-state index is 10.7. The van der Waals surface area contributed by atoms with Crippen molar-refractivity contribution < 1.29 is 9.90 Å². The molecule has 1 N–H and O–H groups in total. The average molecular weight is 256 g/mol. The van der Waals surface area contributed by atoms with E-state index in [1.165, 1.54) is 5.56 Å². The summed E-state index contributed by atoms with van der Waals surface area (Å²) in [5.74, 6) is -0.841. The summed E-state index contributed by atoms with van der Waals surface area (Å²) in [5, 5.41) is 8.79. The van der Waals surface area contributed by atoms with Gasteiger partial charge in [0.15, 0.2) is 0 Å². The van der Waals surface area contributed by atoms with Crippen LogP contribution in [0.2, 0.25) is 0 Å². The summed E-state index contributed by atoms with van der Waals surface area (Å²) in [7, 11) is 0. The van der Waals surface area contributed by atoms with Gasteiger partial charge < -0.3 is 5.11 Å². The van der Waals surface area contributed by atoms with Crippen LogP contribution in [0.15, 0.2) is 48.5 Å². The molecule has 0 radical (unpaired) electrons. The number of hydrogen-bond donors (Lipinski definition) is 1. The summed E-state index contributed by atoms with van der Waals surface area (Å²) in [6, 6.07) is 15.7. The van der Waals surface area contributed by atoms with E-state index in [0.717, 1.165) is 17.5 Å². The minimum absolute atomic E-state index is 0.420. The molecule has 0 aliphatic carbocycles. The summed E-state index contributed by atoms with van der Waals surface area (Å²) < 4.78 is 0. The Kier molecular flexibility index (Phi) is 5.80. The molecule has 0 fully saturated rings. The molecule has 2 rings (SSSR count). The lowest BCUT2D eigenvalue weighted by Crippen LogP contribution is -2.01. The highest BCUT2D eigenvalue weighted by molar-refractivity contribution is 5.89. The Morgan fingerprint density at radius 3 is 2.05 bits per heavy atom. The Morgan fingerprint density at radius 1 is 1.00 bits per heavy atom. The highest BCUT2D eigenvalue weighted by Crippen LogP contribution is 2.12. The lowest BCUT2D eigenvalue weighted by Gasteiger charge is -2.03. The summed E-state index contributed by atoms with van der Waals surface area (Å²) >= 11 is 0. The molecule has 0 unspecified atom stereocenters. The third-order valence-electron chi connectivity index (χ3n) is 2.81. The Bertz CT molecular complexity index is 530. The number of rotatable bonds is 2. The van der Waals surface area contributed by atoms with Gasteiger partial charge in [-0.1, -0.05) is 60.5 Å². The second kappa shape index (κ2) is 7.37. The SMILES string of the molecule is CCc1cc(C)ccc1C(=O)O.Cc1ccccc1. The molecule has 100 valence electrons. The van der Waals surface area contributed by atoms with Crippen molar-refractivity contribution in [3.8, 4) is 0 Å². The van der Waals surface area contributed by atoms with Crippen molar-refractivity contribution in [2.75, 3.05) is 0 Å². The van der Waals surface area contributed by atoms with Crippen LogP contribution in [0.5, 0.6) is 0 Å². The van der Waals surface area contributed by atoms with Crippen LogP contribution in [-0.2, 0) is 6.42 Å². The lowest BCUT2D eigenvalue weighted by atomic mass is 10.0. The third-order valence-corrected chi connectivity index (χ3v) is 2.81. The normalized spacial score (nSPS) is 9.42. The number of carboxylic acid groups (broad SMARTS) is 1. The van der Waals surface area contributed by atoms with Gasteiger partial charge >= 0.3 is 5.97 Å². The zero-order valence-electron chi connectivity index (χ0n) is 11.7. The molecule has 2 aromatic carbocycles. The van der Waals surface area contributed by atoms with Gasteiger partial charge in [0.05, 0.1) is 5.56 Å². The predicted molar refractivity (Wildman–Crippen MR) is 78.7 cm³/mol. The molecule has 0 aliphatic rings. The number of carboxylic acids is 1. The van der Waals surface area contributed by atoms with Crippen LogP contribution in [0.3, 0.4) is 0 Å². The molecule has 0 aromatic heterocycles. The first-order chi connectivity index (χ1) is 9.04. The van der Waals surface area contributed by atoms with E-state index in [-0.39, 0.29) is 0 Å². The molecule has 0 spiro atoms. The highest BCUT2D eigenvalue weighted by atomic mass is 16.4. The average Bonchev–Trinajstić information content (AvgIpc) is 2.39. The monoisotopic (exact) mass is 256 g/mol. The molecule has 0 amide bonds. The van der Waals surface area contributed by atoms with Gasteiger partial charge in [-0.3, -0.25) is 0 Å². The van der Waals surface area contributed by atoms with Crippen LogP contribution in [0.1, 0.15) is 34.0 Å². The highest BCUT2D eigenvalue weighted by Gasteiger charge is 2.07. The molecule has 2 aromatic rings. The van der Waals surface area contributed by atoms with Gasteiger partial charge in [-0.25, -0.2) is 4.79 Å². The Labute approximate surface area is 114 Å². The van der Waals surface area contributed by atoms with Gasteiger partial charge in [0, 0.05) is 0 Å². The van der Waals surface area contributed by atoms with Crippen LogP contribution in [0, 0.1) is 13.8 Å². The van der Waals surface area contributed by atoms with Crippen LogP contribution >= 0.6 is 0 Å². The van der Waals surface area contributed by atoms with Crippen molar-refractivity contribution in [1.82, 2.24) is 0 Å². The van der Waals surface area contributed by atoms with E-state index < -0.39 is 5.97 Å². The van der Waals surface area contributed by atoms with Gasteiger partial charge in [-0.15, -0.1) is 0 Å². The molecule has 0 heterocycles. The van der Waals surface area contributed by atoms with Crippen LogP contribution in [-0.4, -0.2) is 11.1 Å². The van der Waals surface area contributed by atoms with Gasteiger partial charge in [0.1, 0.15) is 0 Å². The first-order valence-corrected chi connectivity index (χ1v) is 6.39. The molecule has 0 atom stereocenters. The minimum atomic E-state index is -0.841. The van der Waals surface area contributed by atoms with Gasteiger partial charge in [0.25, 0.3) is 0 Å². The van der Waals surface area contributed by atoms with Gasteiger partial charge in [0.2, 0.25) is 0 Å². The first-order valence-electron chi connectivity index (χ1n) is 6.39. The Balaban J connectivity index is 0.000000218. The van der Waals surface area contributed by atoms with Crippen molar-refractivity contribution in [2.45, 2.75) is 27.2 Å². The van der Waals surface area contributed by atoms with E-state index in [9.17, 15) is 4.79 Å². The second-order valence-corrected chi connectivity index (χ2v) is 4.47. The summed E-state index contributed by atoms with van der Waals surface area (Å²) in [4.78, 5) is 10.7. The van der Waals surface area contributed by atoms with Crippen LogP contribution < -0.4 is 0 Å². The number of benzene rings is 2. The number of aromatic carboxylic acids is 1. The summed E-state index contributed by atoms with van der Waals surface area (Å²) in [5.41, 5.74) is 3.75. The van der Waals surface area contributed by atoms with Crippen molar-refractivity contribution in [3.63, 3.8) is 0 Å². The number of aryl methyl sites for hydroxylation is 3. The molecule has 0 saturated carbocycles. The number of carbonyl (C=O) groups is 1. The minimum Gasteiger partial charge on any atom is -0.478 e. The number of hydrogen-bond acceptors (Lipinski definition) is 1. The molecule has 0 bridgehead atoms. The summed E-state index contributed by atoms with van der Waals surface area (Å²) in [6.45, 7) is 6.01. The first kappa shape index (κ1) is 15.0. The van der Waals surface area contributed by atoms with Gasteiger partial charge in [-0.2, -0.15) is 0 Å². The van der Waals surface area contributed by atoms with Gasteiger partial charge in [-0.05, 0) is 31.9 Å².